The van der Waals surface area contributed by atoms with E-state index in [1.165, 1.54) is 6.92 Å². The molecular formula is C24H31ClO3. The molecule has 1 N–H and O–H groups in total. The van der Waals surface area contributed by atoms with E-state index in [0.717, 1.165) is 55.2 Å². The van der Waals surface area contributed by atoms with Crippen molar-refractivity contribution in [3.8, 4) is 0 Å². The molecule has 0 aliphatic carbocycles. The summed E-state index contributed by atoms with van der Waals surface area (Å²) < 4.78 is 5.45. The monoisotopic (exact) mass is 402 g/mol. The number of ether oxygens (including phenoxy) is 1. The molecule has 1 rings (SSSR count). The van der Waals surface area contributed by atoms with E-state index in [1.807, 2.05) is 0 Å². The van der Waals surface area contributed by atoms with Crippen molar-refractivity contribution in [3.05, 3.63) is 70.6 Å². The number of aliphatic hydroxyl groups is 1. The van der Waals surface area contributed by atoms with Gasteiger partial charge in [0, 0.05) is 23.1 Å². The Morgan fingerprint density at radius 2 is 1.68 bits per heavy atom. The molecular weight excluding hydrogens is 372 g/mol. The van der Waals surface area contributed by atoms with Crippen molar-refractivity contribution in [2.75, 3.05) is 0 Å². The Bertz CT molecular complexity index is 723. The van der Waals surface area contributed by atoms with Crippen molar-refractivity contribution in [1.82, 2.24) is 0 Å². The maximum Gasteiger partial charge on any atom is 0.303 e. The Kier molecular flexibility index (Phi) is 11.3. The van der Waals surface area contributed by atoms with Crippen LogP contribution < -0.4 is 0 Å². The lowest BCUT2D eigenvalue weighted by molar-refractivity contribution is -0.145. The third-order valence-electron chi connectivity index (χ3n) is 4.63. The maximum atomic E-state index is 11.4. The van der Waals surface area contributed by atoms with Gasteiger partial charge in [0.2, 0.25) is 0 Å². The summed E-state index contributed by atoms with van der Waals surface area (Å²) in [5.74, 6) is -0.281. The Hall–Kier alpha value is -2.02. The highest BCUT2D eigenvalue weighted by molar-refractivity contribution is 6.30. The smallest absolute Gasteiger partial charge is 0.303 e. The van der Waals surface area contributed by atoms with Gasteiger partial charge >= 0.3 is 5.97 Å². The molecule has 2 unspecified atom stereocenters. The number of aliphatic hydroxyl groups excluding tert-OH is 1. The summed E-state index contributed by atoms with van der Waals surface area (Å²) in [4.78, 5) is 11.4. The van der Waals surface area contributed by atoms with E-state index in [2.05, 4.69) is 31.5 Å². The number of rotatable bonds is 12. The first kappa shape index (κ1) is 24.0. The summed E-state index contributed by atoms with van der Waals surface area (Å²) >= 11 is 5.90. The van der Waals surface area contributed by atoms with E-state index in [1.54, 1.807) is 24.3 Å². The van der Waals surface area contributed by atoms with Crippen LogP contribution in [-0.2, 0) is 9.53 Å². The number of benzene rings is 1. The van der Waals surface area contributed by atoms with Crippen LogP contribution in [-0.4, -0.2) is 17.2 Å². The van der Waals surface area contributed by atoms with Gasteiger partial charge in [-0.25, -0.2) is 0 Å². The Morgan fingerprint density at radius 3 is 2.18 bits per heavy atom. The third-order valence-corrected chi connectivity index (χ3v) is 4.88. The molecule has 28 heavy (non-hydrogen) atoms. The highest BCUT2D eigenvalue weighted by Gasteiger charge is 2.17. The van der Waals surface area contributed by atoms with Gasteiger partial charge in [0.05, 0.1) is 0 Å². The zero-order valence-corrected chi connectivity index (χ0v) is 17.7. The molecule has 0 fully saturated rings. The molecule has 1 aromatic rings. The molecule has 0 radical (unpaired) electrons. The number of hydrogen-bond donors (Lipinski definition) is 1. The SMILES string of the molecule is C=C=C(CCCCC(=C=C)C(O)c1ccc(Cl)cc1)C(CCCC)OC(C)=O. The molecule has 0 bridgehead atoms. The summed E-state index contributed by atoms with van der Waals surface area (Å²) in [5.41, 5.74) is 8.31. The van der Waals surface area contributed by atoms with E-state index >= 15 is 0 Å². The van der Waals surface area contributed by atoms with E-state index in [-0.39, 0.29) is 12.1 Å². The van der Waals surface area contributed by atoms with Crippen molar-refractivity contribution in [1.29, 1.82) is 0 Å². The lowest BCUT2D eigenvalue weighted by atomic mass is 9.95. The molecule has 3 nitrogen and oxygen atoms in total. The van der Waals surface area contributed by atoms with Crippen molar-refractivity contribution >= 4 is 17.6 Å². The second-order valence-electron chi connectivity index (χ2n) is 6.81. The predicted molar refractivity (Wildman–Crippen MR) is 115 cm³/mol. The number of unbranched alkanes of at least 4 members (excludes halogenated alkanes) is 2. The Morgan fingerprint density at radius 1 is 1.11 bits per heavy atom. The zero-order valence-electron chi connectivity index (χ0n) is 17.0. The van der Waals surface area contributed by atoms with Crippen LogP contribution in [0.1, 0.15) is 70.5 Å². The van der Waals surface area contributed by atoms with Crippen LogP contribution in [0.4, 0.5) is 0 Å². The first-order valence-corrected chi connectivity index (χ1v) is 10.2. The number of carbonyl (C=O) groups excluding carboxylic acids is 1. The number of hydrogen-bond acceptors (Lipinski definition) is 3. The molecule has 4 heteroatoms. The molecule has 0 aliphatic heterocycles. The highest BCUT2D eigenvalue weighted by Crippen LogP contribution is 2.27. The van der Waals surface area contributed by atoms with Gasteiger partial charge in [0.1, 0.15) is 12.2 Å². The van der Waals surface area contributed by atoms with Crippen molar-refractivity contribution < 1.29 is 14.6 Å². The molecule has 0 saturated carbocycles. The van der Waals surface area contributed by atoms with Crippen LogP contribution in [0.5, 0.6) is 0 Å². The second-order valence-corrected chi connectivity index (χ2v) is 7.24. The van der Waals surface area contributed by atoms with Gasteiger partial charge < -0.3 is 9.84 Å². The van der Waals surface area contributed by atoms with Crippen LogP contribution in [0, 0.1) is 0 Å². The minimum atomic E-state index is -0.734. The molecule has 0 aromatic heterocycles. The zero-order chi connectivity index (χ0) is 20.9. The van der Waals surface area contributed by atoms with Crippen LogP contribution in [0.3, 0.4) is 0 Å². The molecule has 0 heterocycles. The first-order chi connectivity index (χ1) is 13.4. The number of carbonyl (C=O) groups is 1. The molecule has 2 atom stereocenters. The Balaban J connectivity index is 2.59. The Labute approximate surface area is 174 Å². The lowest BCUT2D eigenvalue weighted by Crippen LogP contribution is -2.18. The summed E-state index contributed by atoms with van der Waals surface area (Å²) in [7, 11) is 0. The van der Waals surface area contributed by atoms with Crippen LogP contribution in [0.25, 0.3) is 0 Å². The summed E-state index contributed by atoms with van der Waals surface area (Å²) in [6.45, 7) is 11.0. The average molecular weight is 403 g/mol. The highest BCUT2D eigenvalue weighted by atomic mass is 35.5. The third kappa shape index (κ3) is 8.33. The quantitative estimate of drug-likeness (QED) is 0.247. The van der Waals surface area contributed by atoms with Crippen molar-refractivity contribution in [2.45, 2.75) is 71.0 Å². The number of halogens is 1. The fraction of sp³-hybridized carbons (Fsp3) is 0.458. The fourth-order valence-corrected chi connectivity index (χ4v) is 3.18. The minimum absolute atomic E-state index is 0.246. The largest absolute Gasteiger partial charge is 0.457 e. The number of esters is 1. The molecule has 0 saturated heterocycles. The first-order valence-electron chi connectivity index (χ1n) is 9.81. The van der Waals surface area contributed by atoms with Gasteiger partial charge in [0.15, 0.2) is 0 Å². The van der Waals surface area contributed by atoms with E-state index in [4.69, 9.17) is 16.3 Å². The van der Waals surface area contributed by atoms with Crippen LogP contribution >= 0.6 is 11.6 Å². The van der Waals surface area contributed by atoms with Crippen molar-refractivity contribution in [3.63, 3.8) is 0 Å². The van der Waals surface area contributed by atoms with Gasteiger partial charge in [-0.05, 0) is 56.2 Å². The molecule has 0 spiro atoms. The van der Waals surface area contributed by atoms with Crippen LogP contribution in [0.15, 0.2) is 60.0 Å². The summed E-state index contributed by atoms with van der Waals surface area (Å²) in [6, 6.07) is 7.13. The van der Waals surface area contributed by atoms with Gasteiger partial charge in [0.25, 0.3) is 0 Å². The minimum Gasteiger partial charge on any atom is -0.457 e. The van der Waals surface area contributed by atoms with Crippen molar-refractivity contribution in [2.24, 2.45) is 0 Å². The van der Waals surface area contributed by atoms with E-state index in [9.17, 15) is 9.90 Å². The van der Waals surface area contributed by atoms with Crippen LogP contribution in [0.2, 0.25) is 5.02 Å². The van der Waals surface area contributed by atoms with E-state index in [0.29, 0.717) is 11.4 Å². The molecule has 1 aromatic carbocycles. The summed E-state index contributed by atoms with van der Waals surface area (Å²) in [5, 5.41) is 11.2. The molecule has 0 aliphatic rings. The standard InChI is InChI=1S/C24H31ClO3/c1-5-8-13-23(28-18(4)26)19(6-2)11-9-10-12-20(7-3)24(27)21-14-16-22(25)17-15-21/h14-17,23-24,27H,2-3,5,8-13H2,1,4H3. The predicted octanol–water partition coefficient (Wildman–Crippen LogP) is 6.48. The topological polar surface area (TPSA) is 46.5 Å². The molecule has 152 valence electrons. The summed E-state index contributed by atoms with van der Waals surface area (Å²) in [6.07, 6.45) is 5.01. The van der Waals surface area contributed by atoms with Gasteiger partial charge in [-0.15, -0.1) is 11.5 Å². The van der Waals surface area contributed by atoms with Gasteiger partial charge in [-0.1, -0.05) is 50.2 Å². The van der Waals surface area contributed by atoms with Gasteiger partial charge in [-0.2, -0.15) is 0 Å². The second kappa shape index (κ2) is 13.2. The normalized spacial score (nSPS) is 12.4. The lowest BCUT2D eigenvalue weighted by Gasteiger charge is -2.19. The molecule has 0 amide bonds. The fourth-order valence-electron chi connectivity index (χ4n) is 3.06. The average Bonchev–Trinajstić information content (AvgIpc) is 2.68. The maximum absolute atomic E-state index is 11.4. The van der Waals surface area contributed by atoms with Gasteiger partial charge in [-0.3, -0.25) is 4.79 Å². The van der Waals surface area contributed by atoms with E-state index < -0.39 is 6.10 Å².